The minimum Gasteiger partial charge on any atom is -0.391 e. The Morgan fingerprint density at radius 1 is 1.47 bits per heavy atom. The lowest BCUT2D eigenvalue weighted by Crippen LogP contribution is -2.39. The number of aliphatic hydroxyl groups is 1. The SMILES string of the molecule is Cc1cccc(C(=O)NCC(O)C(C)(C)C)n1. The fraction of sp³-hybridized carbons (Fsp3) is 0.538. The van der Waals surface area contributed by atoms with Crippen LogP contribution in [0.25, 0.3) is 0 Å². The molecule has 0 saturated carbocycles. The van der Waals surface area contributed by atoms with Crippen molar-refractivity contribution < 1.29 is 9.90 Å². The number of hydrogen-bond acceptors (Lipinski definition) is 3. The molecule has 17 heavy (non-hydrogen) atoms. The van der Waals surface area contributed by atoms with Crippen molar-refractivity contribution in [3.63, 3.8) is 0 Å². The summed E-state index contributed by atoms with van der Waals surface area (Å²) in [7, 11) is 0. The Morgan fingerprint density at radius 3 is 2.65 bits per heavy atom. The maximum atomic E-state index is 11.7. The fourth-order valence-corrected chi connectivity index (χ4v) is 1.26. The zero-order chi connectivity index (χ0) is 13.1. The van der Waals surface area contributed by atoms with Crippen LogP contribution in [0.5, 0.6) is 0 Å². The van der Waals surface area contributed by atoms with Crippen LogP contribution < -0.4 is 5.32 Å². The molecule has 0 aliphatic heterocycles. The van der Waals surface area contributed by atoms with Gasteiger partial charge in [-0.3, -0.25) is 4.79 Å². The Labute approximate surface area is 102 Å². The second-order valence-corrected chi connectivity index (χ2v) is 5.26. The van der Waals surface area contributed by atoms with Crippen molar-refractivity contribution >= 4 is 5.91 Å². The third kappa shape index (κ3) is 4.15. The van der Waals surface area contributed by atoms with Gasteiger partial charge >= 0.3 is 0 Å². The summed E-state index contributed by atoms with van der Waals surface area (Å²) in [4.78, 5) is 15.9. The number of pyridine rings is 1. The summed E-state index contributed by atoms with van der Waals surface area (Å²) in [5, 5.41) is 12.5. The number of rotatable bonds is 3. The van der Waals surface area contributed by atoms with Crippen LogP contribution in [0.3, 0.4) is 0 Å². The normalized spacial score (nSPS) is 13.2. The highest BCUT2D eigenvalue weighted by Crippen LogP contribution is 2.18. The van der Waals surface area contributed by atoms with E-state index in [1.165, 1.54) is 0 Å². The predicted octanol–water partition coefficient (Wildman–Crippen LogP) is 1.53. The summed E-state index contributed by atoms with van der Waals surface area (Å²) in [6.07, 6.45) is -0.573. The molecule has 1 rings (SSSR count). The second-order valence-electron chi connectivity index (χ2n) is 5.26. The van der Waals surface area contributed by atoms with E-state index in [2.05, 4.69) is 10.3 Å². The number of nitrogens with one attached hydrogen (secondary N) is 1. The van der Waals surface area contributed by atoms with E-state index in [1.54, 1.807) is 12.1 Å². The highest BCUT2D eigenvalue weighted by Gasteiger charge is 2.22. The Bertz CT molecular complexity index is 397. The molecule has 94 valence electrons. The Kier molecular flexibility index (Phi) is 4.23. The number of aromatic nitrogens is 1. The summed E-state index contributed by atoms with van der Waals surface area (Å²) in [5.41, 5.74) is 0.938. The molecule has 1 amide bonds. The van der Waals surface area contributed by atoms with Crippen molar-refractivity contribution in [1.82, 2.24) is 10.3 Å². The topological polar surface area (TPSA) is 62.2 Å². The lowest BCUT2D eigenvalue weighted by atomic mass is 9.89. The molecule has 1 unspecified atom stereocenters. The molecule has 0 radical (unpaired) electrons. The molecule has 0 aromatic carbocycles. The molecule has 1 aromatic rings. The standard InChI is InChI=1S/C13H20N2O2/c1-9-6-5-7-10(15-9)12(17)14-8-11(16)13(2,3)4/h5-7,11,16H,8H2,1-4H3,(H,14,17). The van der Waals surface area contributed by atoms with Crippen LogP contribution in [0.1, 0.15) is 37.0 Å². The number of amides is 1. The number of hydrogen-bond donors (Lipinski definition) is 2. The van der Waals surface area contributed by atoms with Crippen molar-refractivity contribution in [2.45, 2.75) is 33.8 Å². The summed E-state index contributed by atoms with van der Waals surface area (Å²) >= 11 is 0. The minimum absolute atomic E-state index is 0.234. The van der Waals surface area contributed by atoms with E-state index in [9.17, 15) is 9.90 Å². The molecule has 4 nitrogen and oxygen atoms in total. The van der Waals surface area contributed by atoms with Crippen molar-refractivity contribution in [1.29, 1.82) is 0 Å². The van der Waals surface area contributed by atoms with Gasteiger partial charge < -0.3 is 10.4 Å². The van der Waals surface area contributed by atoms with E-state index in [-0.39, 0.29) is 17.9 Å². The Hall–Kier alpha value is -1.42. The van der Waals surface area contributed by atoms with Crippen LogP contribution in [0, 0.1) is 12.3 Å². The number of aryl methyl sites for hydroxylation is 1. The smallest absolute Gasteiger partial charge is 0.269 e. The number of aliphatic hydroxyl groups excluding tert-OH is 1. The van der Waals surface area contributed by atoms with Gasteiger partial charge in [0.1, 0.15) is 5.69 Å². The molecule has 0 aliphatic rings. The van der Waals surface area contributed by atoms with E-state index >= 15 is 0 Å². The molecule has 0 bridgehead atoms. The summed E-state index contributed by atoms with van der Waals surface area (Å²) in [5.74, 6) is -0.253. The second kappa shape index (κ2) is 5.27. The van der Waals surface area contributed by atoms with Gasteiger partial charge in [-0.1, -0.05) is 26.8 Å². The van der Waals surface area contributed by atoms with Gasteiger partial charge in [0.05, 0.1) is 6.10 Å². The third-order valence-electron chi connectivity index (χ3n) is 2.58. The molecule has 2 N–H and O–H groups in total. The van der Waals surface area contributed by atoms with Gasteiger partial charge in [-0.15, -0.1) is 0 Å². The monoisotopic (exact) mass is 236 g/mol. The van der Waals surface area contributed by atoms with Gasteiger partial charge in [0, 0.05) is 12.2 Å². The van der Waals surface area contributed by atoms with Crippen molar-refractivity contribution in [3.8, 4) is 0 Å². The van der Waals surface area contributed by atoms with E-state index in [4.69, 9.17) is 0 Å². The number of carbonyl (C=O) groups is 1. The Balaban J connectivity index is 2.57. The quantitative estimate of drug-likeness (QED) is 0.836. The maximum Gasteiger partial charge on any atom is 0.269 e. The maximum absolute atomic E-state index is 11.7. The predicted molar refractivity (Wildman–Crippen MR) is 66.8 cm³/mol. The first-order valence-corrected chi connectivity index (χ1v) is 5.70. The van der Waals surface area contributed by atoms with Crippen LogP contribution in [-0.4, -0.2) is 28.6 Å². The molecule has 4 heteroatoms. The van der Waals surface area contributed by atoms with Crippen LogP contribution in [0.4, 0.5) is 0 Å². The molecular weight excluding hydrogens is 216 g/mol. The molecule has 1 aromatic heterocycles. The lowest BCUT2D eigenvalue weighted by molar-refractivity contribution is 0.0585. The highest BCUT2D eigenvalue weighted by atomic mass is 16.3. The average Bonchev–Trinajstić information content (AvgIpc) is 2.24. The average molecular weight is 236 g/mol. The zero-order valence-corrected chi connectivity index (χ0v) is 10.8. The number of nitrogens with zero attached hydrogens (tertiary/aromatic N) is 1. The molecule has 0 aliphatic carbocycles. The molecule has 0 fully saturated rings. The van der Waals surface area contributed by atoms with Gasteiger partial charge in [-0.25, -0.2) is 4.98 Å². The first-order valence-electron chi connectivity index (χ1n) is 5.70. The molecule has 1 heterocycles. The molecule has 0 saturated heterocycles. The van der Waals surface area contributed by atoms with Gasteiger partial charge in [0.25, 0.3) is 5.91 Å². The van der Waals surface area contributed by atoms with Gasteiger partial charge in [-0.05, 0) is 24.5 Å². The molecule has 1 atom stereocenters. The summed E-state index contributed by atoms with van der Waals surface area (Å²) < 4.78 is 0. The third-order valence-corrected chi connectivity index (χ3v) is 2.58. The summed E-state index contributed by atoms with van der Waals surface area (Å²) in [6.45, 7) is 7.84. The largest absolute Gasteiger partial charge is 0.391 e. The first-order chi connectivity index (χ1) is 7.80. The minimum atomic E-state index is -0.573. The lowest BCUT2D eigenvalue weighted by Gasteiger charge is -2.25. The van der Waals surface area contributed by atoms with Crippen LogP contribution in [0.15, 0.2) is 18.2 Å². The van der Waals surface area contributed by atoms with E-state index in [1.807, 2.05) is 33.8 Å². The fourth-order valence-electron chi connectivity index (χ4n) is 1.26. The van der Waals surface area contributed by atoms with E-state index in [0.29, 0.717) is 5.69 Å². The van der Waals surface area contributed by atoms with Crippen LogP contribution in [-0.2, 0) is 0 Å². The van der Waals surface area contributed by atoms with E-state index in [0.717, 1.165) is 5.69 Å². The van der Waals surface area contributed by atoms with Gasteiger partial charge in [0.15, 0.2) is 0 Å². The van der Waals surface area contributed by atoms with Crippen LogP contribution in [0.2, 0.25) is 0 Å². The van der Waals surface area contributed by atoms with Crippen LogP contribution >= 0.6 is 0 Å². The van der Waals surface area contributed by atoms with Gasteiger partial charge in [-0.2, -0.15) is 0 Å². The highest BCUT2D eigenvalue weighted by molar-refractivity contribution is 5.92. The first kappa shape index (κ1) is 13.6. The van der Waals surface area contributed by atoms with E-state index < -0.39 is 6.10 Å². The van der Waals surface area contributed by atoms with Crippen molar-refractivity contribution in [3.05, 3.63) is 29.6 Å². The summed E-state index contributed by atoms with van der Waals surface area (Å²) in [6, 6.07) is 5.28. The van der Waals surface area contributed by atoms with Crippen molar-refractivity contribution in [2.24, 2.45) is 5.41 Å². The Morgan fingerprint density at radius 2 is 2.12 bits per heavy atom. The number of carbonyl (C=O) groups excluding carboxylic acids is 1. The van der Waals surface area contributed by atoms with Gasteiger partial charge in [0.2, 0.25) is 0 Å². The molecule has 0 spiro atoms. The van der Waals surface area contributed by atoms with Crippen molar-refractivity contribution in [2.75, 3.05) is 6.54 Å². The zero-order valence-electron chi connectivity index (χ0n) is 10.8. The molecular formula is C13H20N2O2.